The van der Waals surface area contributed by atoms with Crippen LogP contribution < -0.4 is 4.74 Å². The quantitative estimate of drug-likeness (QED) is 0.711. The average Bonchev–Trinajstić information content (AvgIpc) is 2.74. The molecule has 0 fully saturated rings. The van der Waals surface area contributed by atoms with Crippen LogP contribution in [0, 0.1) is 4.77 Å². The number of nitrogens with one attached hydrogen (secondary N) is 1. The highest BCUT2D eigenvalue weighted by atomic mass is 35.5. The van der Waals surface area contributed by atoms with Crippen LogP contribution in [0.4, 0.5) is 0 Å². The molecule has 0 aliphatic rings. The molecule has 1 heterocycles. The van der Waals surface area contributed by atoms with Gasteiger partial charge >= 0.3 is 0 Å². The van der Waals surface area contributed by atoms with Crippen LogP contribution in [0.1, 0.15) is 0 Å². The van der Waals surface area contributed by atoms with Crippen LogP contribution in [0.2, 0.25) is 5.02 Å². The maximum Gasteiger partial charge on any atom is 0.182 e. The van der Waals surface area contributed by atoms with Crippen molar-refractivity contribution in [1.29, 1.82) is 0 Å². The Bertz CT molecular complexity index is 807. The highest BCUT2D eigenvalue weighted by Gasteiger charge is 2.10. The van der Waals surface area contributed by atoms with Gasteiger partial charge in [0, 0.05) is 5.02 Å². The van der Waals surface area contributed by atoms with E-state index in [-0.39, 0.29) is 0 Å². The van der Waals surface area contributed by atoms with E-state index >= 15 is 0 Å². The Kier molecular flexibility index (Phi) is 3.05. The average molecular weight is 291 g/mol. The molecule has 0 saturated carbocycles. The molecule has 0 atom stereocenters. The van der Waals surface area contributed by atoms with Crippen molar-refractivity contribution in [3.63, 3.8) is 0 Å². The largest absolute Gasteiger partial charge is 0.495 e. The second kappa shape index (κ2) is 4.72. The van der Waals surface area contributed by atoms with Crippen molar-refractivity contribution >= 4 is 34.9 Å². The second-order valence-electron chi connectivity index (χ2n) is 4.10. The van der Waals surface area contributed by atoms with Gasteiger partial charge in [-0.1, -0.05) is 23.7 Å². The molecule has 0 amide bonds. The molecule has 19 heavy (non-hydrogen) atoms. The number of benzene rings is 2. The monoisotopic (exact) mass is 290 g/mol. The Morgan fingerprint density at radius 3 is 2.79 bits per heavy atom. The van der Waals surface area contributed by atoms with Gasteiger partial charge in [0.1, 0.15) is 5.75 Å². The minimum Gasteiger partial charge on any atom is -0.495 e. The van der Waals surface area contributed by atoms with E-state index in [9.17, 15) is 0 Å². The number of halogens is 1. The molecule has 0 unspecified atom stereocenters. The minimum atomic E-state index is 0.613. The fraction of sp³-hybridized carbons (Fsp3) is 0.0714. The summed E-state index contributed by atoms with van der Waals surface area (Å²) < 4.78 is 7.93. The Hall–Kier alpha value is -1.78. The lowest BCUT2D eigenvalue weighted by Crippen LogP contribution is -1.97. The first-order valence-corrected chi connectivity index (χ1v) is 6.53. The lowest BCUT2D eigenvalue weighted by atomic mass is 10.2. The van der Waals surface area contributed by atoms with Crippen molar-refractivity contribution in [3.8, 4) is 11.4 Å². The van der Waals surface area contributed by atoms with Crippen molar-refractivity contribution in [3.05, 3.63) is 52.3 Å². The normalized spacial score (nSPS) is 10.8. The predicted octanol–water partition coefficient (Wildman–Crippen LogP) is 4.35. The van der Waals surface area contributed by atoms with E-state index < -0.39 is 0 Å². The SMILES string of the molecule is COc1ccccc1-n1c(=S)[nH]c2ccc(Cl)cc21. The van der Waals surface area contributed by atoms with Gasteiger partial charge in [-0.15, -0.1) is 0 Å². The van der Waals surface area contributed by atoms with Crippen LogP contribution in [-0.4, -0.2) is 16.7 Å². The van der Waals surface area contributed by atoms with E-state index in [0.29, 0.717) is 9.79 Å². The number of ether oxygens (including phenoxy) is 1. The van der Waals surface area contributed by atoms with E-state index in [1.807, 2.05) is 47.0 Å². The van der Waals surface area contributed by atoms with E-state index in [2.05, 4.69) is 4.98 Å². The van der Waals surface area contributed by atoms with Crippen LogP contribution in [0.3, 0.4) is 0 Å². The van der Waals surface area contributed by atoms with Gasteiger partial charge in [-0.3, -0.25) is 4.57 Å². The summed E-state index contributed by atoms with van der Waals surface area (Å²) in [7, 11) is 1.64. The molecular weight excluding hydrogens is 280 g/mol. The number of H-pyrrole nitrogens is 1. The maximum atomic E-state index is 6.07. The standard InChI is InChI=1S/C14H11ClN2OS/c1-18-13-5-3-2-4-11(13)17-12-8-9(15)6-7-10(12)16-14(17)19/h2-8H,1H3,(H,16,19). The molecule has 0 saturated heterocycles. The lowest BCUT2D eigenvalue weighted by molar-refractivity contribution is 0.413. The Morgan fingerprint density at radius 2 is 2.00 bits per heavy atom. The molecule has 1 aromatic heterocycles. The van der Waals surface area contributed by atoms with Gasteiger partial charge in [-0.05, 0) is 42.5 Å². The van der Waals surface area contributed by atoms with E-state index in [0.717, 1.165) is 22.5 Å². The number of hydrogen-bond donors (Lipinski definition) is 1. The molecule has 2 aromatic carbocycles. The Labute approximate surface area is 120 Å². The Morgan fingerprint density at radius 1 is 1.21 bits per heavy atom. The molecule has 5 heteroatoms. The van der Waals surface area contributed by atoms with Crippen molar-refractivity contribution in [2.24, 2.45) is 0 Å². The number of para-hydroxylation sites is 2. The zero-order valence-corrected chi connectivity index (χ0v) is 11.8. The fourth-order valence-corrected chi connectivity index (χ4v) is 2.60. The zero-order chi connectivity index (χ0) is 13.4. The van der Waals surface area contributed by atoms with Gasteiger partial charge in [0.15, 0.2) is 4.77 Å². The molecule has 3 rings (SSSR count). The van der Waals surface area contributed by atoms with Gasteiger partial charge < -0.3 is 9.72 Å². The third-order valence-electron chi connectivity index (χ3n) is 2.97. The van der Waals surface area contributed by atoms with Crippen molar-refractivity contribution in [2.45, 2.75) is 0 Å². The number of fused-ring (bicyclic) bond motifs is 1. The fourth-order valence-electron chi connectivity index (χ4n) is 2.13. The summed E-state index contributed by atoms with van der Waals surface area (Å²) in [4.78, 5) is 3.17. The topological polar surface area (TPSA) is 29.9 Å². The lowest BCUT2D eigenvalue weighted by Gasteiger charge is -2.09. The number of nitrogens with zero attached hydrogens (tertiary/aromatic N) is 1. The summed E-state index contributed by atoms with van der Waals surface area (Å²) in [6.07, 6.45) is 0. The summed E-state index contributed by atoms with van der Waals surface area (Å²) >= 11 is 11.5. The number of imidazole rings is 1. The number of aromatic nitrogens is 2. The first-order valence-electron chi connectivity index (χ1n) is 5.74. The summed E-state index contributed by atoms with van der Waals surface area (Å²) in [5.74, 6) is 0.763. The van der Waals surface area contributed by atoms with Crippen LogP contribution >= 0.6 is 23.8 Å². The summed E-state index contributed by atoms with van der Waals surface area (Å²) in [6.45, 7) is 0. The van der Waals surface area contributed by atoms with Crippen LogP contribution in [-0.2, 0) is 0 Å². The summed E-state index contributed by atoms with van der Waals surface area (Å²) in [5, 5.41) is 0.671. The first-order chi connectivity index (χ1) is 9.20. The van der Waals surface area contributed by atoms with Crippen LogP contribution in [0.25, 0.3) is 16.7 Å². The van der Waals surface area contributed by atoms with Gasteiger partial charge in [0.25, 0.3) is 0 Å². The van der Waals surface area contributed by atoms with Gasteiger partial charge in [-0.25, -0.2) is 0 Å². The van der Waals surface area contributed by atoms with Gasteiger partial charge in [0.05, 0.1) is 23.8 Å². The highest BCUT2D eigenvalue weighted by Crippen LogP contribution is 2.28. The minimum absolute atomic E-state index is 0.613. The number of aromatic amines is 1. The first kappa shape index (κ1) is 12.3. The third kappa shape index (κ3) is 2.03. The molecule has 3 aromatic rings. The highest BCUT2D eigenvalue weighted by molar-refractivity contribution is 7.71. The van der Waals surface area contributed by atoms with Crippen LogP contribution in [0.15, 0.2) is 42.5 Å². The van der Waals surface area contributed by atoms with Crippen molar-refractivity contribution in [1.82, 2.24) is 9.55 Å². The molecular formula is C14H11ClN2OS. The van der Waals surface area contributed by atoms with Gasteiger partial charge in [0.2, 0.25) is 0 Å². The summed E-state index contributed by atoms with van der Waals surface area (Å²) in [6, 6.07) is 13.4. The van der Waals surface area contributed by atoms with E-state index in [4.69, 9.17) is 28.6 Å². The number of hydrogen-bond acceptors (Lipinski definition) is 2. The number of methoxy groups -OCH3 is 1. The molecule has 0 spiro atoms. The van der Waals surface area contributed by atoms with Crippen molar-refractivity contribution < 1.29 is 4.74 Å². The molecule has 96 valence electrons. The zero-order valence-electron chi connectivity index (χ0n) is 10.2. The molecule has 0 aliphatic heterocycles. The van der Waals surface area contributed by atoms with E-state index in [1.54, 1.807) is 7.11 Å². The van der Waals surface area contributed by atoms with E-state index in [1.165, 1.54) is 0 Å². The molecule has 0 radical (unpaired) electrons. The molecule has 3 nitrogen and oxygen atoms in total. The van der Waals surface area contributed by atoms with Gasteiger partial charge in [-0.2, -0.15) is 0 Å². The second-order valence-corrected chi connectivity index (χ2v) is 4.92. The van der Waals surface area contributed by atoms with Crippen LogP contribution in [0.5, 0.6) is 5.75 Å². The third-order valence-corrected chi connectivity index (χ3v) is 3.49. The Balaban J connectivity index is 2.39. The summed E-state index contributed by atoms with van der Waals surface area (Å²) in [5.41, 5.74) is 2.77. The molecule has 0 bridgehead atoms. The van der Waals surface area contributed by atoms with Crippen molar-refractivity contribution in [2.75, 3.05) is 7.11 Å². The smallest absolute Gasteiger partial charge is 0.182 e. The maximum absolute atomic E-state index is 6.07. The molecule has 0 aliphatic carbocycles. The molecule has 1 N–H and O–H groups in total. The predicted molar refractivity (Wildman–Crippen MR) is 80.0 cm³/mol. The number of rotatable bonds is 2.